The first-order valence-corrected chi connectivity index (χ1v) is 11.1. The SMILES string of the molecule is Cc1ccc(C2=C(N3CCOCC3)C(=O)N(C3CCCCCCC3)C2=O)c(C)c1. The van der Waals surface area contributed by atoms with Crippen LogP contribution in [0.4, 0.5) is 0 Å². The van der Waals surface area contributed by atoms with Gasteiger partial charge in [-0.2, -0.15) is 0 Å². The Labute approximate surface area is 173 Å². The monoisotopic (exact) mass is 396 g/mol. The highest BCUT2D eigenvalue weighted by molar-refractivity contribution is 6.36. The molecule has 0 spiro atoms. The average molecular weight is 397 g/mol. The topological polar surface area (TPSA) is 49.9 Å². The van der Waals surface area contributed by atoms with Crippen molar-refractivity contribution in [3.63, 3.8) is 0 Å². The van der Waals surface area contributed by atoms with Gasteiger partial charge in [-0.15, -0.1) is 0 Å². The molecular formula is C24H32N2O3. The van der Waals surface area contributed by atoms with Gasteiger partial charge in [-0.1, -0.05) is 55.9 Å². The fraction of sp³-hybridized carbons (Fsp3) is 0.583. The first kappa shape index (κ1) is 20.1. The lowest BCUT2D eigenvalue weighted by atomic mass is 9.95. The van der Waals surface area contributed by atoms with Crippen LogP contribution in [0.25, 0.3) is 5.57 Å². The van der Waals surface area contributed by atoms with Gasteiger partial charge in [-0.25, -0.2) is 0 Å². The number of morpholine rings is 1. The molecule has 0 radical (unpaired) electrons. The van der Waals surface area contributed by atoms with Crippen LogP contribution in [0.3, 0.4) is 0 Å². The van der Waals surface area contributed by atoms with Crippen molar-refractivity contribution in [2.45, 2.75) is 64.8 Å². The smallest absolute Gasteiger partial charge is 0.278 e. The third-order valence-corrected chi connectivity index (χ3v) is 6.51. The maximum absolute atomic E-state index is 13.7. The molecule has 3 aliphatic rings. The second kappa shape index (κ2) is 8.70. The van der Waals surface area contributed by atoms with E-state index in [4.69, 9.17) is 4.74 Å². The van der Waals surface area contributed by atoms with E-state index in [-0.39, 0.29) is 17.9 Å². The van der Waals surface area contributed by atoms with Gasteiger partial charge < -0.3 is 9.64 Å². The predicted molar refractivity (Wildman–Crippen MR) is 113 cm³/mol. The van der Waals surface area contributed by atoms with E-state index in [0.29, 0.717) is 37.6 Å². The molecule has 5 heteroatoms. The summed E-state index contributed by atoms with van der Waals surface area (Å²) < 4.78 is 5.50. The third kappa shape index (κ3) is 3.97. The summed E-state index contributed by atoms with van der Waals surface area (Å²) in [6.07, 6.45) is 7.68. The minimum absolute atomic E-state index is 0.0228. The highest BCUT2D eigenvalue weighted by Gasteiger charge is 2.45. The van der Waals surface area contributed by atoms with Crippen molar-refractivity contribution in [3.8, 4) is 0 Å². The molecule has 1 saturated heterocycles. The van der Waals surface area contributed by atoms with E-state index in [1.807, 2.05) is 19.1 Å². The first-order chi connectivity index (χ1) is 14.1. The number of rotatable bonds is 3. The number of hydrogen-bond donors (Lipinski definition) is 0. The fourth-order valence-electron chi connectivity index (χ4n) is 4.98. The predicted octanol–water partition coefficient (Wildman–Crippen LogP) is 3.83. The normalized spacial score (nSPS) is 22.3. The number of carbonyl (C=O) groups excluding carboxylic acids is 2. The fourth-order valence-corrected chi connectivity index (χ4v) is 4.98. The molecule has 0 unspecified atom stereocenters. The molecule has 29 heavy (non-hydrogen) atoms. The van der Waals surface area contributed by atoms with Crippen LogP contribution in [0.5, 0.6) is 0 Å². The Bertz CT molecular complexity index is 815. The second-order valence-corrected chi connectivity index (χ2v) is 8.62. The standard InChI is InChI=1S/C24H32N2O3/c1-17-10-11-20(18(2)16-17)21-22(25-12-14-29-15-13-25)24(28)26(23(21)27)19-8-6-4-3-5-7-9-19/h10-11,16,19H,3-9,12-15H2,1-2H3. The summed E-state index contributed by atoms with van der Waals surface area (Å²) in [4.78, 5) is 31.0. The van der Waals surface area contributed by atoms with E-state index < -0.39 is 0 Å². The van der Waals surface area contributed by atoms with Gasteiger partial charge in [0.2, 0.25) is 0 Å². The number of amides is 2. The molecule has 1 aromatic carbocycles. The Kier molecular flexibility index (Phi) is 6.04. The molecule has 0 aromatic heterocycles. The van der Waals surface area contributed by atoms with Crippen molar-refractivity contribution in [2.75, 3.05) is 26.3 Å². The Balaban J connectivity index is 1.75. The number of benzene rings is 1. The zero-order valence-corrected chi connectivity index (χ0v) is 17.7. The number of hydrogen-bond acceptors (Lipinski definition) is 4. The lowest BCUT2D eigenvalue weighted by molar-refractivity contribution is -0.141. The molecular weight excluding hydrogens is 364 g/mol. The first-order valence-electron chi connectivity index (χ1n) is 11.1. The van der Waals surface area contributed by atoms with Crippen LogP contribution in [-0.4, -0.2) is 54.0 Å². The Morgan fingerprint density at radius 2 is 1.55 bits per heavy atom. The van der Waals surface area contributed by atoms with Gasteiger partial charge >= 0.3 is 0 Å². The van der Waals surface area contributed by atoms with E-state index in [1.165, 1.54) is 19.3 Å². The lowest BCUT2D eigenvalue weighted by Crippen LogP contribution is -2.44. The minimum Gasteiger partial charge on any atom is -0.378 e. The number of nitrogens with zero attached hydrogens (tertiary/aromatic N) is 2. The molecule has 2 fully saturated rings. The summed E-state index contributed by atoms with van der Waals surface area (Å²) >= 11 is 0. The molecule has 1 aromatic rings. The summed E-state index contributed by atoms with van der Waals surface area (Å²) in [5.74, 6) is -0.202. The Morgan fingerprint density at radius 1 is 0.897 bits per heavy atom. The zero-order valence-electron chi connectivity index (χ0n) is 17.7. The van der Waals surface area contributed by atoms with E-state index in [1.54, 1.807) is 4.90 Å². The van der Waals surface area contributed by atoms with Gasteiger partial charge in [0.25, 0.3) is 11.8 Å². The summed E-state index contributed by atoms with van der Waals surface area (Å²) in [5, 5.41) is 0. The highest BCUT2D eigenvalue weighted by Crippen LogP contribution is 2.37. The minimum atomic E-state index is -0.103. The van der Waals surface area contributed by atoms with Crippen LogP contribution in [0.2, 0.25) is 0 Å². The van der Waals surface area contributed by atoms with Gasteiger partial charge in [-0.05, 0) is 37.8 Å². The van der Waals surface area contributed by atoms with Gasteiger partial charge in [0.1, 0.15) is 5.70 Å². The Hall–Kier alpha value is -2.14. The van der Waals surface area contributed by atoms with Crippen LogP contribution in [-0.2, 0) is 14.3 Å². The average Bonchev–Trinajstić information content (AvgIpc) is 2.93. The van der Waals surface area contributed by atoms with Crippen molar-refractivity contribution in [1.29, 1.82) is 0 Å². The summed E-state index contributed by atoms with van der Waals surface area (Å²) in [5.41, 5.74) is 4.28. The van der Waals surface area contributed by atoms with Gasteiger partial charge in [0.15, 0.2) is 0 Å². The number of carbonyl (C=O) groups is 2. The highest BCUT2D eigenvalue weighted by atomic mass is 16.5. The molecule has 2 amide bonds. The molecule has 2 heterocycles. The van der Waals surface area contributed by atoms with Crippen molar-refractivity contribution in [2.24, 2.45) is 0 Å². The van der Waals surface area contributed by atoms with E-state index >= 15 is 0 Å². The number of imide groups is 1. The molecule has 1 saturated carbocycles. The summed E-state index contributed by atoms with van der Waals surface area (Å²) in [6, 6.07) is 6.15. The van der Waals surface area contributed by atoms with Crippen LogP contribution in [0.15, 0.2) is 23.9 Å². The van der Waals surface area contributed by atoms with Crippen molar-refractivity contribution in [3.05, 3.63) is 40.6 Å². The van der Waals surface area contributed by atoms with Gasteiger partial charge in [0.05, 0.1) is 18.8 Å². The van der Waals surface area contributed by atoms with E-state index in [0.717, 1.165) is 42.4 Å². The molecule has 5 nitrogen and oxygen atoms in total. The Morgan fingerprint density at radius 3 is 2.21 bits per heavy atom. The molecule has 0 atom stereocenters. The molecule has 4 rings (SSSR count). The van der Waals surface area contributed by atoms with E-state index in [2.05, 4.69) is 17.9 Å². The van der Waals surface area contributed by atoms with Crippen LogP contribution < -0.4 is 0 Å². The van der Waals surface area contributed by atoms with Crippen LogP contribution >= 0.6 is 0 Å². The van der Waals surface area contributed by atoms with E-state index in [9.17, 15) is 9.59 Å². The maximum atomic E-state index is 13.7. The summed E-state index contributed by atoms with van der Waals surface area (Å²) in [7, 11) is 0. The van der Waals surface area contributed by atoms with Crippen molar-refractivity contribution in [1.82, 2.24) is 9.80 Å². The zero-order chi connectivity index (χ0) is 20.4. The van der Waals surface area contributed by atoms with Gasteiger partial charge in [-0.3, -0.25) is 14.5 Å². The lowest BCUT2D eigenvalue weighted by Gasteiger charge is -2.31. The molecule has 1 aliphatic carbocycles. The van der Waals surface area contributed by atoms with Crippen LogP contribution in [0, 0.1) is 13.8 Å². The largest absolute Gasteiger partial charge is 0.378 e. The second-order valence-electron chi connectivity index (χ2n) is 8.62. The van der Waals surface area contributed by atoms with Crippen LogP contribution in [0.1, 0.15) is 61.6 Å². The molecule has 0 bridgehead atoms. The molecule has 156 valence electrons. The van der Waals surface area contributed by atoms with Crippen molar-refractivity contribution < 1.29 is 14.3 Å². The quantitative estimate of drug-likeness (QED) is 0.729. The van der Waals surface area contributed by atoms with Gasteiger partial charge in [0, 0.05) is 19.1 Å². The molecule has 2 aliphatic heterocycles. The molecule has 0 N–H and O–H groups in total. The maximum Gasteiger partial charge on any atom is 0.278 e. The summed E-state index contributed by atoms with van der Waals surface area (Å²) in [6.45, 7) is 6.57. The third-order valence-electron chi connectivity index (χ3n) is 6.51. The van der Waals surface area contributed by atoms with Crippen molar-refractivity contribution >= 4 is 17.4 Å². The number of ether oxygens (including phenoxy) is 1. The number of aryl methyl sites for hydroxylation is 2.